The van der Waals surface area contributed by atoms with Crippen LogP contribution in [0.25, 0.3) is 11.0 Å². The molecule has 0 atom stereocenters. The fraction of sp³-hybridized carbons (Fsp3) is 0.333. The number of fused-ring (bicyclic) bond motifs is 1. The number of hydrogen-bond acceptors (Lipinski definition) is 3. The van der Waals surface area contributed by atoms with Crippen molar-refractivity contribution in [1.82, 2.24) is 14.5 Å². The minimum atomic E-state index is -0.0821. The first-order valence-electron chi connectivity index (χ1n) is 9.21. The van der Waals surface area contributed by atoms with Gasteiger partial charge in [0.2, 0.25) is 0 Å². The van der Waals surface area contributed by atoms with E-state index >= 15 is 0 Å². The monoisotopic (exact) mass is 365 g/mol. The van der Waals surface area contributed by atoms with Crippen molar-refractivity contribution < 1.29 is 9.53 Å². The Balaban J connectivity index is 1.54. The zero-order valence-corrected chi connectivity index (χ0v) is 15.6. The number of rotatable bonds is 3. The number of likely N-dealkylation sites (tertiary alicyclic amines) is 1. The number of aromatic nitrogens is 2. The van der Waals surface area contributed by atoms with E-state index in [1.807, 2.05) is 58.9 Å². The summed E-state index contributed by atoms with van der Waals surface area (Å²) in [5, 5.41) is 0. The van der Waals surface area contributed by atoms with Crippen LogP contribution in [-0.4, -0.2) is 40.6 Å². The van der Waals surface area contributed by atoms with Crippen molar-refractivity contribution in [2.75, 3.05) is 20.2 Å². The highest BCUT2D eigenvalue weighted by molar-refractivity contribution is 5.97. The van der Waals surface area contributed by atoms with E-state index in [0.29, 0.717) is 24.4 Å². The summed E-state index contributed by atoms with van der Waals surface area (Å²) in [5.74, 6) is 0.584. The Labute approximate surface area is 157 Å². The molecule has 27 heavy (non-hydrogen) atoms. The van der Waals surface area contributed by atoms with Crippen molar-refractivity contribution in [3.63, 3.8) is 0 Å². The van der Waals surface area contributed by atoms with E-state index in [9.17, 15) is 9.59 Å². The van der Waals surface area contributed by atoms with Crippen molar-refractivity contribution in [3.05, 3.63) is 64.1 Å². The second kappa shape index (κ2) is 6.95. The van der Waals surface area contributed by atoms with Crippen molar-refractivity contribution >= 4 is 16.9 Å². The average Bonchev–Trinajstić information content (AvgIpc) is 3.03. The number of ether oxygens (including phenoxy) is 1. The second-order valence-corrected chi connectivity index (χ2v) is 7.04. The number of H-pyrrole nitrogens is 1. The molecular formula is C21H23N3O3. The van der Waals surface area contributed by atoms with Crippen LogP contribution in [0.5, 0.6) is 5.75 Å². The Morgan fingerprint density at radius 2 is 1.89 bits per heavy atom. The molecule has 140 valence electrons. The summed E-state index contributed by atoms with van der Waals surface area (Å²) in [6.07, 6.45) is 1.50. The number of imidazole rings is 1. The molecule has 0 saturated carbocycles. The van der Waals surface area contributed by atoms with Crippen molar-refractivity contribution in [2.24, 2.45) is 0 Å². The number of benzene rings is 2. The molecule has 0 spiro atoms. The molecule has 0 aliphatic carbocycles. The Morgan fingerprint density at radius 3 is 2.63 bits per heavy atom. The van der Waals surface area contributed by atoms with Gasteiger partial charge in [0.25, 0.3) is 5.91 Å². The van der Waals surface area contributed by atoms with Crippen LogP contribution in [0.1, 0.15) is 34.8 Å². The van der Waals surface area contributed by atoms with Gasteiger partial charge >= 0.3 is 5.69 Å². The molecule has 2 heterocycles. The van der Waals surface area contributed by atoms with Crippen LogP contribution in [0, 0.1) is 6.92 Å². The molecule has 6 nitrogen and oxygen atoms in total. The maximum Gasteiger partial charge on any atom is 0.326 e. The third-order valence-corrected chi connectivity index (χ3v) is 5.33. The van der Waals surface area contributed by atoms with E-state index in [2.05, 4.69) is 4.98 Å². The van der Waals surface area contributed by atoms with Crippen molar-refractivity contribution in [1.29, 1.82) is 0 Å². The van der Waals surface area contributed by atoms with Crippen LogP contribution in [0.4, 0.5) is 0 Å². The molecule has 0 bridgehead atoms. The third-order valence-electron chi connectivity index (χ3n) is 5.33. The summed E-state index contributed by atoms with van der Waals surface area (Å²) in [7, 11) is 1.58. The number of aromatic amines is 1. The van der Waals surface area contributed by atoms with Gasteiger partial charge in [0.05, 0.1) is 23.7 Å². The molecule has 3 aromatic rings. The third kappa shape index (κ3) is 3.12. The van der Waals surface area contributed by atoms with Gasteiger partial charge in [-0.25, -0.2) is 4.79 Å². The molecule has 0 radical (unpaired) electrons. The van der Waals surface area contributed by atoms with Gasteiger partial charge in [-0.2, -0.15) is 0 Å². The van der Waals surface area contributed by atoms with Crippen molar-refractivity contribution in [2.45, 2.75) is 25.8 Å². The van der Waals surface area contributed by atoms with E-state index < -0.39 is 0 Å². The molecule has 1 fully saturated rings. The van der Waals surface area contributed by atoms with Gasteiger partial charge in [-0.15, -0.1) is 0 Å². The Bertz CT molecular complexity index is 1040. The number of aryl methyl sites for hydroxylation is 1. The summed E-state index contributed by atoms with van der Waals surface area (Å²) in [6, 6.07) is 13.5. The van der Waals surface area contributed by atoms with Gasteiger partial charge in [0.15, 0.2) is 0 Å². The van der Waals surface area contributed by atoms with Gasteiger partial charge in [-0.3, -0.25) is 9.36 Å². The Kier molecular flexibility index (Phi) is 4.48. The molecule has 2 aromatic carbocycles. The number of carbonyl (C=O) groups excluding carboxylic acids is 1. The zero-order chi connectivity index (χ0) is 19.0. The quantitative estimate of drug-likeness (QED) is 0.775. The fourth-order valence-electron chi connectivity index (χ4n) is 3.92. The van der Waals surface area contributed by atoms with Gasteiger partial charge in [-0.1, -0.05) is 23.8 Å². The van der Waals surface area contributed by atoms with E-state index in [-0.39, 0.29) is 17.6 Å². The average molecular weight is 365 g/mol. The van der Waals surface area contributed by atoms with E-state index in [4.69, 9.17) is 4.74 Å². The minimum Gasteiger partial charge on any atom is -0.496 e. The summed E-state index contributed by atoms with van der Waals surface area (Å²) in [4.78, 5) is 30.2. The molecule has 6 heteroatoms. The van der Waals surface area contributed by atoms with Crippen LogP contribution in [0.3, 0.4) is 0 Å². The summed E-state index contributed by atoms with van der Waals surface area (Å²) in [5.41, 5.74) is 3.32. The van der Waals surface area contributed by atoms with Crippen LogP contribution < -0.4 is 10.4 Å². The predicted octanol–water partition coefficient (Wildman–Crippen LogP) is 3.12. The first-order chi connectivity index (χ1) is 13.1. The molecule has 1 aliphatic rings. The number of para-hydroxylation sites is 2. The van der Waals surface area contributed by atoms with Gasteiger partial charge in [0, 0.05) is 19.1 Å². The number of amides is 1. The lowest BCUT2D eigenvalue weighted by atomic mass is 10.0. The van der Waals surface area contributed by atoms with E-state index in [1.54, 1.807) is 7.11 Å². The van der Waals surface area contributed by atoms with Crippen LogP contribution in [0.2, 0.25) is 0 Å². The highest BCUT2D eigenvalue weighted by Crippen LogP contribution is 2.28. The molecule has 1 aliphatic heterocycles. The van der Waals surface area contributed by atoms with Crippen LogP contribution in [-0.2, 0) is 0 Å². The summed E-state index contributed by atoms with van der Waals surface area (Å²) < 4.78 is 7.20. The lowest BCUT2D eigenvalue weighted by Gasteiger charge is -2.33. The van der Waals surface area contributed by atoms with Gasteiger partial charge < -0.3 is 14.6 Å². The lowest BCUT2D eigenvalue weighted by Crippen LogP contribution is -2.40. The first kappa shape index (κ1) is 17.4. The molecule has 1 aromatic heterocycles. The SMILES string of the molecule is COc1ccc(C)cc1C(=O)N1CCC(n2c(=O)[nH]c3ccccc32)CC1. The molecule has 1 saturated heterocycles. The number of methoxy groups -OCH3 is 1. The predicted molar refractivity (Wildman–Crippen MR) is 104 cm³/mol. The lowest BCUT2D eigenvalue weighted by molar-refractivity contribution is 0.0691. The van der Waals surface area contributed by atoms with Gasteiger partial charge in [-0.05, 0) is 44.0 Å². The molecular weight excluding hydrogens is 342 g/mol. The standard InChI is InChI=1S/C21H23N3O3/c1-14-7-8-19(27-2)16(13-14)20(25)23-11-9-15(10-12-23)24-18-6-4-3-5-17(18)22-21(24)26/h3-8,13,15H,9-12H2,1-2H3,(H,22,26). The topological polar surface area (TPSA) is 67.3 Å². The molecule has 4 rings (SSSR count). The Morgan fingerprint density at radius 1 is 1.15 bits per heavy atom. The summed E-state index contributed by atoms with van der Waals surface area (Å²) in [6.45, 7) is 3.20. The zero-order valence-electron chi connectivity index (χ0n) is 15.6. The maximum absolute atomic E-state index is 13.0. The Hall–Kier alpha value is -3.02. The normalized spacial score (nSPS) is 15.3. The number of nitrogens with zero attached hydrogens (tertiary/aromatic N) is 2. The number of nitrogens with one attached hydrogen (secondary N) is 1. The number of piperidine rings is 1. The van der Waals surface area contributed by atoms with Crippen LogP contribution >= 0.6 is 0 Å². The minimum absolute atomic E-state index is 0.0136. The maximum atomic E-state index is 13.0. The smallest absolute Gasteiger partial charge is 0.326 e. The number of hydrogen-bond donors (Lipinski definition) is 1. The van der Waals surface area contributed by atoms with Gasteiger partial charge in [0.1, 0.15) is 5.75 Å². The first-order valence-corrected chi connectivity index (χ1v) is 9.21. The number of carbonyl (C=O) groups is 1. The van der Waals surface area contributed by atoms with E-state index in [0.717, 1.165) is 29.4 Å². The largest absolute Gasteiger partial charge is 0.496 e. The molecule has 1 N–H and O–H groups in total. The highest BCUT2D eigenvalue weighted by Gasteiger charge is 2.27. The highest BCUT2D eigenvalue weighted by atomic mass is 16.5. The molecule has 0 unspecified atom stereocenters. The van der Waals surface area contributed by atoms with E-state index in [1.165, 1.54) is 0 Å². The van der Waals surface area contributed by atoms with Crippen molar-refractivity contribution in [3.8, 4) is 5.75 Å². The fourth-order valence-corrected chi connectivity index (χ4v) is 3.92. The second-order valence-electron chi connectivity index (χ2n) is 7.04. The van der Waals surface area contributed by atoms with Crippen LogP contribution in [0.15, 0.2) is 47.3 Å². The summed E-state index contributed by atoms with van der Waals surface area (Å²) >= 11 is 0. The molecule has 1 amide bonds.